The number of aldehydes is 1. The van der Waals surface area contributed by atoms with Crippen LogP contribution in [0.1, 0.15) is 29.8 Å². The maximum Gasteiger partial charge on any atom is 0.255 e. The lowest BCUT2D eigenvalue weighted by Crippen LogP contribution is -2.44. The number of nitrogens with one attached hydrogen (secondary N) is 1. The molecule has 0 spiro atoms. The van der Waals surface area contributed by atoms with Crippen molar-refractivity contribution in [3.8, 4) is 17.2 Å². The lowest BCUT2D eigenvalue weighted by atomic mass is 10.1. The highest BCUT2D eigenvalue weighted by Crippen LogP contribution is 2.39. The maximum atomic E-state index is 12.4. The monoisotopic (exact) mass is 547 g/mol. The van der Waals surface area contributed by atoms with Crippen LogP contribution in [-0.4, -0.2) is 41.7 Å². The number of hydrogen-bond acceptors (Lipinski definition) is 5. The number of rotatable bonds is 7. The highest BCUT2D eigenvalue weighted by molar-refractivity contribution is 9.11. The molecule has 0 heterocycles. The van der Waals surface area contributed by atoms with E-state index in [2.05, 4.69) is 43.8 Å². The molecular weight excluding hydrogens is 525 g/mol. The molecule has 0 aromatic heterocycles. The molecule has 1 amide bonds. The number of hydrogen-bond donors (Lipinski definition) is 3. The largest absolute Gasteiger partial charge is 0.507 e. The molecule has 0 fully saturated rings. The third kappa shape index (κ3) is 7.37. The van der Waals surface area contributed by atoms with Crippen molar-refractivity contribution in [3.05, 3.63) is 50.4 Å². The Bertz CT molecular complexity index is 851. The summed E-state index contributed by atoms with van der Waals surface area (Å²) in [5, 5.41) is 19.6. The zero-order valence-corrected chi connectivity index (χ0v) is 20.7. The van der Waals surface area contributed by atoms with Crippen molar-refractivity contribution in [2.75, 3.05) is 13.8 Å². The Morgan fingerprint density at radius 3 is 2.31 bits per heavy atom. The number of aliphatic hydroxyl groups excluding tert-OH is 1. The number of ether oxygens (including phenoxy) is 1. The van der Waals surface area contributed by atoms with Crippen molar-refractivity contribution < 1.29 is 24.5 Å². The summed E-state index contributed by atoms with van der Waals surface area (Å²) < 4.78 is 7.49. The molecule has 29 heavy (non-hydrogen) atoms. The highest BCUT2D eigenvalue weighted by atomic mass is 79.9. The van der Waals surface area contributed by atoms with E-state index in [4.69, 9.17) is 9.84 Å². The first-order valence-corrected chi connectivity index (χ1v) is 11.8. The molecule has 9 heteroatoms. The molecule has 1 atom stereocenters. The van der Waals surface area contributed by atoms with Gasteiger partial charge in [0.15, 0.2) is 5.75 Å². The Kier molecular flexibility index (Phi) is 10.3. The van der Waals surface area contributed by atoms with Crippen molar-refractivity contribution in [2.24, 2.45) is 0 Å². The van der Waals surface area contributed by atoms with Crippen molar-refractivity contribution >= 4 is 52.6 Å². The van der Waals surface area contributed by atoms with Crippen LogP contribution in [0.2, 0.25) is 0 Å². The van der Waals surface area contributed by atoms with Gasteiger partial charge in [0.1, 0.15) is 17.8 Å². The lowest BCUT2D eigenvalue weighted by Gasteiger charge is -2.19. The van der Waals surface area contributed by atoms with Crippen LogP contribution in [0.4, 0.5) is 0 Å². The molecule has 2 aromatic rings. The van der Waals surface area contributed by atoms with E-state index < -0.39 is 11.4 Å². The molecule has 1 unspecified atom stereocenters. The minimum Gasteiger partial charge on any atom is -0.507 e. The second-order valence-electron chi connectivity index (χ2n) is 6.49. The fourth-order valence-electron chi connectivity index (χ4n) is 2.28. The summed E-state index contributed by atoms with van der Waals surface area (Å²) in [7, 11) is 1.81. The van der Waals surface area contributed by atoms with E-state index in [0.29, 0.717) is 17.8 Å². The Hall–Kier alpha value is -1.47. The van der Waals surface area contributed by atoms with Gasteiger partial charge in [-0.2, -0.15) is 0 Å². The lowest BCUT2D eigenvalue weighted by molar-refractivity contribution is -0.112. The fraction of sp³-hybridized carbons (Fsp3) is 0.300. The van der Waals surface area contributed by atoms with Crippen LogP contribution in [0.5, 0.6) is 17.2 Å². The number of phenols is 1. The highest BCUT2D eigenvalue weighted by Gasteiger charge is 2.22. The van der Waals surface area contributed by atoms with Crippen molar-refractivity contribution in [3.63, 3.8) is 0 Å². The van der Waals surface area contributed by atoms with E-state index in [1.807, 2.05) is 12.1 Å². The van der Waals surface area contributed by atoms with E-state index in [1.54, 1.807) is 19.9 Å². The predicted molar refractivity (Wildman–Crippen MR) is 124 cm³/mol. The molecule has 0 aliphatic rings. The topological polar surface area (TPSA) is 95.9 Å². The van der Waals surface area contributed by atoms with Gasteiger partial charge in [-0.05, 0) is 94.4 Å². The molecule has 3 N–H and O–H groups in total. The summed E-state index contributed by atoms with van der Waals surface area (Å²) in [5.74, 6) is 0.197. The molecule has 6 nitrogen and oxygen atoms in total. The minimum atomic E-state index is -1.04. The van der Waals surface area contributed by atoms with Crippen LogP contribution in [0.15, 0.2) is 39.3 Å². The van der Waals surface area contributed by atoms with Gasteiger partial charge in [-0.15, -0.1) is 8.58 Å². The molecule has 2 rings (SSSR count). The molecule has 0 aliphatic heterocycles. The molecule has 0 radical (unpaired) electrons. The number of aliphatic hydroxyl groups is 1. The number of aromatic hydroxyl groups is 1. The van der Waals surface area contributed by atoms with E-state index >= 15 is 0 Å². The second-order valence-corrected chi connectivity index (χ2v) is 9.26. The summed E-state index contributed by atoms with van der Waals surface area (Å²) in [4.78, 5) is 23.4. The van der Waals surface area contributed by atoms with Crippen molar-refractivity contribution in [2.45, 2.75) is 25.5 Å². The van der Waals surface area contributed by atoms with Crippen LogP contribution in [0, 0.1) is 0 Å². The molecule has 0 saturated carbocycles. The molecule has 2 aromatic carbocycles. The first-order valence-electron chi connectivity index (χ1n) is 8.54. The minimum absolute atomic E-state index is 0.0264. The Balaban J connectivity index is 0.00000204. The standard InChI is InChI=1S/C19H20Br2NO4P.CH4O/c1-19(2,10-23)22-18(25)13-8-12(4-5-16(13)24)26-17-14(20)6-11(9-27-3)7-15(17)21;1-2/h4-8,10,24,27H,9H2,1-3H3,(H,22,25);2H,1H3. The number of carbonyl (C=O) groups excluding carboxylic acids is 2. The quantitative estimate of drug-likeness (QED) is 0.340. The van der Waals surface area contributed by atoms with Crippen LogP contribution in [-0.2, 0) is 11.0 Å². The Morgan fingerprint density at radius 1 is 1.21 bits per heavy atom. The van der Waals surface area contributed by atoms with Gasteiger partial charge in [0.25, 0.3) is 5.91 Å². The molecule has 158 valence electrons. The van der Waals surface area contributed by atoms with Gasteiger partial charge in [0, 0.05) is 7.11 Å². The SMILES string of the molecule is CO.CPCc1cc(Br)c(Oc2ccc(O)c(C(=O)NC(C)(C)C=O)c2)c(Br)c1. The van der Waals surface area contributed by atoms with Gasteiger partial charge in [0.05, 0.1) is 20.0 Å². The number of amides is 1. The fourth-order valence-corrected chi connectivity index (χ4v) is 4.34. The summed E-state index contributed by atoms with van der Waals surface area (Å²) in [6, 6.07) is 8.38. The van der Waals surface area contributed by atoms with E-state index in [1.165, 1.54) is 17.7 Å². The number of carbonyl (C=O) groups is 2. The van der Waals surface area contributed by atoms with E-state index in [0.717, 1.165) is 30.8 Å². The van der Waals surface area contributed by atoms with Crippen LogP contribution in [0.3, 0.4) is 0 Å². The Morgan fingerprint density at radius 2 is 1.79 bits per heavy atom. The molecule has 0 aliphatic carbocycles. The number of phenolic OH excluding ortho intramolecular Hbond substituents is 1. The molecule has 0 bridgehead atoms. The number of halogens is 2. The van der Waals surface area contributed by atoms with Gasteiger partial charge in [0.2, 0.25) is 0 Å². The van der Waals surface area contributed by atoms with Crippen molar-refractivity contribution in [1.29, 1.82) is 0 Å². The van der Waals surface area contributed by atoms with Gasteiger partial charge in [-0.3, -0.25) is 4.79 Å². The van der Waals surface area contributed by atoms with Crippen LogP contribution < -0.4 is 10.1 Å². The summed E-state index contributed by atoms with van der Waals surface area (Å²) in [5.41, 5.74) is 0.171. The van der Waals surface area contributed by atoms with Gasteiger partial charge < -0.3 is 25.1 Å². The van der Waals surface area contributed by atoms with Crippen LogP contribution in [0.25, 0.3) is 0 Å². The number of benzene rings is 2. The van der Waals surface area contributed by atoms with Gasteiger partial charge >= 0.3 is 0 Å². The summed E-state index contributed by atoms with van der Waals surface area (Å²) in [6.07, 6.45) is 1.61. The average Bonchev–Trinajstić information content (AvgIpc) is 2.67. The summed E-state index contributed by atoms with van der Waals surface area (Å²) >= 11 is 7.03. The zero-order valence-electron chi connectivity index (χ0n) is 16.5. The van der Waals surface area contributed by atoms with Crippen LogP contribution >= 0.6 is 40.4 Å². The first-order chi connectivity index (χ1) is 13.7. The first kappa shape index (κ1) is 25.6. The van der Waals surface area contributed by atoms with Gasteiger partial charge in [-0.25, -0.2) is 0 Å². The third-order valence-corrected chi connectivity index (χ3v) is 5.54. The van der Waals surface area contributed by atoms with E-state index in [-0.39, 0.29) is 11.3 Å². The van der Waals surface area contributed by atoms with Gasteiger partial charge in [-0.1, -0.05) is 0 Å². The molecular formula is C20H24Br2NO5P. The normalized spacial score (nSPS) is 11.0. The average molecular weight is 549 g/mol. The summed E-state index contributed by atoms with van der Waals surface area (Å²) in [6.45, 7) is 5.28. The molecule has 0 saturated heterocycles. The smallest absolute Gasteiger partial charge is 0.255 e. The third-order valence-electron chi connectivity index (χ3n) is 3.60. The van der Waals surface area contributed by atoms with Crippen molar-refractivity contribution in [1.82, 2.24) is 5.32 Å². The Labute approximate surface area is 189 Å². The maximum absolute atomic E-state index is 12.4. The van der Waals surface area contributed by atoms with E-state index in [9.17, 15) is 14.7 Å². The second kappa shape index (κ2) is 11.6. The predicted octanol–water partition coefficient (Wildman–Crippen LogP) is 4.83. The zero-order chi connectivity index (χ0) is 22.2.